The van der Waals surface area contributed by atoms with Crippen LogP contribution in [0.3, 0.4) is 0 Å². The number of piperidine rings is 1. The molecular weight excluding hydrogens is 419 g/mol. The minimum atomic E-state index is 0. The van der Waals surface area contributed by atoms with Gasteiger partial charge in [0.2, 0.25) is 0 Å². The zero-order valence-corrected chi connectivity index (χ0v) is 17.7. The van der Waals surface area contributed by atoms with Gasteiger partial charge in [-0.05, 0) is 50.4 Å². The second-order valence-electron chi connectivity index (χ2n) is 7.26. The molecule has 3 aromatic heterocycles. The predicted molar refractivity (Wildman–Crippen MR) is 116 cm³/mol. The Morgan fingerprint density at radius 3 is 2.71 bits per heavy atom. The van der Waals surface area contributed by atoms with Crippen molar-refractivity contribution in [3.63, 3.8) is 0 Å². The van der Waals surface area contributed by atoms with Gasteiger partial charge in [0.1, 0.15) is 11.0 Å². The summed E-state index contributed by atoms with van der Waals surface area (Å²) in [6.45, 7) is 2.83. The molecule has 0 unspecified atom stereocenters. The molecule has 5 rings (SSSR count). The van der Waals surface area contributed by atoms with Gasteiger partial charge in [0.25, 0.3) is 0 Å². The van der Waals surface area contributed by atoms with Crippen LogP contribution in [0.15, 0.2) is 30.6 Å². The van der Waals surface area contributed by atoms with Gasteiger partial charge in [0.15, 0.2) is 5.65 Å². The van der Waals surface area contributed by atoms with E-state index in [0.29, 0.717) is 11.7 Å². The molecule has 28 heavy (non-hydrogen) atoms. The summed E-state index contributed by atoms with van der Waals surface area (Å²) in [5.41, 5.74) is 4.84. The van der Waals surface area contributed by atoms with Gasteiger partial charge < -0.3 is 10.6 Å². The smallest absolute Gasteiger partial charge is 0.157 e. The van der Waals surface area contributed by atoms with Gasteiger partial charge in [-0.2, -0.15) is 9.61 Å². The topological polar surface area (TPSA) is 67.1 Å². The monoisotopic (exact) mass is 440 g/mol. The van der Waals surface area contributed by atoms with E-state index < -0.39 is 0 Å². The zero-order chi connectivity index (χ0) is 17.6. The molecule has 1 fully saturated rings. The Morgan fingerprint density at radius 2 is 1.96 bits per heavy atom. The van der Waals surface area contributed by atoms with E-state index in [9.17, 15) is 0 Å². The fourth-order valence-electron chi connectivity index (χ4n) is 4.40. The molecule has 6 nitrogen and oxygen atoms in total. The molecule has 2 N–H and O–H groups in total. The lowest BCUT2D eigenvalue weighted by Crippen LogP contribution is -2.39. The standard InChI is InChI=1S/C19H21ClN6.2ClH/c20-15-2-1-13(11-22-15)12-23-18-14-3-5-19(6-9-21-10-7-19)17(14)25-16-4-8-24-26(16)18;;/h1-2,4,8,11,21,23H,3,5-7,9-10,12H2;2*1H. The summed E-state index contributed by atoms with van der Waals surface area (Å²) in [4.78, 5) is 9.19. The van der Waals surface area contributed by atoms with Crippen LogP contribution in [-0.2, 0) is 18.4 Å². The third-order valence-electron chi connectivity index (χ3n) is 5.80. The number of nitrogens with one attached hydrogen (secondary N) is 2. The number of fused-ring (bicyclic) bond motifs is 3. The Hall–Kier alpha value is -1.60. The van der Waals surface area contributed by atoms with Crippen LogP contribution in [0.5, 0.6) is 0 Å². The van der Waals surface area contributed by atoms with Crippen molar-refractivity contribution >= 4 is 47.9 Å². The van der Waals surface area contributed by atoms with Gasteiger partial charge in [0, 0.05) is 29.8 Å². The summed E-state index contributed by atoms with van der Waals surface area (Å²) in [6.07, 6.45) is 8.20. The van der Waals surface area contributed by atoms with Crippen molar-refractivity contribution in [2.24, 2.45) is 0 Å². The van der Waals surface area contributed by atoms with Crippen molar-refractivity contribution in [1.29, 1.82) is 0 Å². The van der Waals surface area contributed by atoms with Gasteiger partial charge in [-0.15, -0.1) is 24.8 Å². The average Bonchev–Trinajstić information content (AvgIpc) is 3.27. The summed E-state index contributed by atoms with van der Waals surface area (Å²) >= 11 is 5.89. The Labute approximate surface area is 181 Å². The predicted octanol–water partition coefficient (Wildman–Crippen LogP) is 3.80. The molecular formula is C19H23Cl3N6. The van der Waals surface area contributed by atoms with Crippen LogP contribution >= 0.6 is 36.4 Å². The summed E-state index contributed by atoms with van der Waals surface area (Å²) in [5, 5.41) is 12.1. The van der Waals surface area contributed by atoms with Crippen molar-refractivity contribution in [2.45, 2.75) is 37.6 Å². The first-order valence-corrected chi connectivity index (χ1v) is 9.55. The van der Waals surface area contributed by atoms with Crippen LogP contribution in [0.4, 0.5) is 5.82 Å². The first kappa shape index (κ1) is 21.1. The third-order valence-corrected chi connectivity index (χ3v) is 6.02. The first-order valence-electron chi connectivity index (χ1n) is 9.17. The summed E-state index contributed by atoms with van der Waals surface area (Å²) in [6, 6.07) is 5.81. The van der Waals surface area contributed by atoms with Crippen molar-refractivity contribution in [3.8, 4) is 0 Å². The molecule has 0 amide bonds. The highest BCUT2D eigenvalue weighted by atomic mass is 35.5. The van der Waals surface area contributed by atoms with Gasteiger partial charge in [0.05, 0.1) is 11.9 Å². The lowest BCUT2D eigenvalue weighted by molar-refractivity contribution is 0.301. The van der Waals surface area contributed by atoms with E-state index in [4.69, 9.17) is 16.6 Å². The number of nitrogens with zero attached hydrogens (tertiary/aromatic N) is 4. The van der Waals surface area contributed by atoms with Crippen molar-refractivity contribution in [1.82, 2.24) is 24.9 Å². The van der Waals surface area contributed by atoms with Crippen molar-refractivity contribution < 1.29 is 0 Å². The van der Waals surface area contributed by atoms with E-state index in [1.165, 1.54) is 17.7 Å². The number of anilines is 1. The number of hydrogen-bond acceptors (Lipinski definition) is 5. The Bertz CT molecular complexity index is 950. The van der Waals surface area contributed by atoms with Gasteiger partial charge in [-0.1, -0.05) is 17.7 Å². The van der Waals surface area contributed by atoms with Crippen LogP contribution in [0, 0.1) is 0 Å². The molecule has 3 aromatic rings. The Morgan fingerprint density at radius 1 is 1.14 bits per heavy atom. The highest BCUT2D eigenvalue weighted by Gasteiger charge is 2.42. The maximum Gasteiger partial charge on any atom is 0.157 e. The SMILES string of the molecule is Cl.Cl.Clc1ccc(CNc2c3c(nc4ccnn24)C2(CCNCC2)CC3)cn1. The number of pyridine rings is 1. The maximum absolute atomic E-state index is 5.89. The average molecular weight is 442 g/mol. The molecule has 1 aliphatic carbocycles. The summed E-state index contributed by atoms with van der Waals surface area (Å²) in [7, 11) is 0. The number of halogens is 3. The highest BCUT2D eigenvalue weighted by molar-refractivity contribution is 6.29. The molecule has 0 atom stereocenters. The van der Waals surface area contributed by atoms with Crippen molar-refractivity contribution in [2.75, 3.05) is 18.4 Å². The fraction of sp³-hybridized carbons (Fsp3) is 0.421. The quantitative estimate of drug-likeness (QED) is 0.605. The van der Waals surface area contributed by atoms with Crippen LogP contribution in [0.1, 0.15) is 36.1 Å². The van der Waals surface area contributed by atoms with Crippen LogP contribution < -0.4 is 10.6 Å². The van der Waals surface area contributed by atoms with Crippen LogP contribution in [0.25, 0.3) is 5.65 Å². The minimum absolute atomic E-state index is 0. The number of rotatable bonds is 3. The zero-order valence-electron chi connectivity index (χ0n) is 15.3. The lowest BCUT2D eigenvalue weighted by atomic mass is 9.77. The fourth-order valence-corrected chi connectivity index (χ4v) is 4.52. The van der Waals surface area contributed by atoms with Crippen LogP contribution in [0.2, 0.25) is 5.15 Å². The molecule has 150 valence electrons. The summed E-state index contributed by atoms with van der Waals surface area (Å²) < 4.78 is 1.93. The minimum Gasteiger partial charge on any atom is -0.366 e. The van der Waals surface area contributed by atoms with Gasteiger partial charge in [-0.25, -0.2) is 9.97 Å². The molecule has 0 aromatic carbocycles. The second kappa shape index (κ2) is 8.41. The first-order chi connectivity index (χ1) is 12.8. The largest absolute Gasteiger partial charge is 0.366 e. The Balaban J connectivity index is 0.00000112. The van der Waals surface area contributed by atoms with E-state index in [1.54, 1.807) is 0 Å². The van der Waals surface area contributed by atoms with E-state index in [1.807, 2.05) is 35.1 Å². The molecule has 1 saturated heterocycles. The Kier molecular flexibility index (Phi) is 6.34. The highest BCUT2D eigenvalue weighted by Crippen LogP contribution is 2.46. The van der Waals surface area contributed by atoms with E-state index in [2.05, 4.69) is 20.7 Å². The number of hydrogen-bond donors (Lipinski definition) is 2. The lowest BCUT2D eigenvalue weighted by Gasteiger charge is -2.34. The van der Waals surface area contributed by atoms with Gasteiger partial charge >= 0.3 is 0 Å². The molecule has 0 saturated carbocycles. The molecule has 2 aliphatic rings. The van der Waals surface area contributed by atoms with E-state index >= 15 is 0 Å². The second-order valence-corrected chi connectivity index (χ2v) is 7.65. The molecule has 4 heterocycles. The normalized spacial score (nSPS) is 17.0. The molecule has 1 spiro atoms. The maximum atomic E-state index is 5.89. The van der Waals surface area contributed by atoms with E-state index in [-0.39, 0.29) is 30.2 Å². The summed E-state index contributed by atoms with van der Waals surface area (Å²) in [5.74, 6) is 1.07. The van der Waals surface area contributed by atoms with Crippen LogP contribution in [-0.4, -0.2) is 32.7 Å². The molecule has 1 aliphatic heterocycles. The third kappa shape index (κ3) is 3.54. The number of aromatic nitrogens is 4. The molecule has 0 bridgehead atoms. The van der Waals surface area contributed by atoms with Crippen molar-refractivity contribution in [3.05, 3.63) is 52.6 Å². The van der Waals surface area contributed by atoms with Gasteiger partial charge in [-0.3, -0.25) is 0 Å². The molecule has 9 heteroatoms. The molecule has 0 radical (unpaired) electrons. The van der Waals surface area contributed by atoms with E-state index in [0.717, 1.165) is 49.4 Å².